The van der Waals surface area contributed by atoms with Gasteiger partial charge in [0.1, 0.15) is 12.2 Å². The van der Waals surface area contributed by atoms with E-state index in [-0.39, 0.29) is 30.4 Å². The van der Waals surface area contributed by atoms with Gasteiger partial charge < -0.3 is 5.32 Å². The SMILES string of the molecule is O=C(NCc1ccc(-n2nc(C3=CC#CCN=C3)cc2C(F)(F)F)cc1)c1cccnc1. The number of hydrogen-bond acceptors (Lipinski definition) is 4. The number of aliphatic imine (C=N–C) groups is 1. The van der Waals surface area contributed by atoms with Crippen molar-refractivity contribution >= 4 is 17.7 Å². The minimum Gasteiger partial charge on any atom is -0.348 e. The standard InChI is InChI=1S/C23H16F3N5O/c24-23(25,26)21-12-20(17-4-1-2-10-27-14-17)30-31(21)19-8-6-16(7-9-19)13-29-22(32)18-5-3-11-28-15-18/h3-9,11-12,14-15H,10,13H2,(H,29,32). The molecule has 6 nitrogen and oxygen atoms in total. The molecule has 0 aliphatic carbocycles. The molecular weight excluding hydrogens is 419 g/mol. The average Bonchev–Trinajstić information content (AvgIpc) is 3.08. The quantitative estimate of drug-likeness (QED) is 0.622. The van der Waals surface area contributed by atoms with Crippen LogP contribution in [-0.4, -0.2) is 33.4 Å². The highest BCUT2D eigenvalue weighted by Gasteiger charge is 2.36. The van der Waals surface area contributed by atoms with E-state index in [1.54, 1.807) is 30.5 Å². The van der Waals surface area contributed by atoms with E-state index < -0.39 is 11.9 Å². The van der Waals surface area contributed by atoms with Crippen molar-refractivity contribution in [3.8, 4) is 17.5 Å². The Morgan fingerprint density at radius 3 is 2.72 bits per heavy atom. The van der Waals surface area contributed by atoms with Crippen LogP contribution in [0.2, 0.25) is 0 Å². The van der Waals surface area contributed by atoms with E-state index >= 15 is 0 Å². The lowest BCUT2D eigenvalue weighted by Crippen LogP contribution is -2.22. The van der Waals surface area contributed by atoms with E-state index in [9.17, 15) is 18.0 Å². The fourth-order valence-electron chi connectivity index (χ4n) is 3.00. The number of rotatable bonds is 5. The minimum absolute atomic E-state index is 0.130. The monoisotopic (exact) mass is 435 g/mol. The van der Waals surface area contributed by atoms with E-state index in [1.165, 1.54) is 30.6 Å². The highest BCUT2D eigenvalue weighted by molar-refractivity contribution is 6.10. The number of hydrogen-bond donors (Lipinski definition) is 1. The summed E-state index contributed by atoms with van der Waals surface area (Å²) in [5, 5.41) is 6.90. The first-order valence-electron chi connectivity index (χ1n) is 9.55. The van der Waals surface area contributed by atoms with Crippen LogP contribution in [0.15, 0.2) is 65.9 Å². The Labute approximate surface area is 181 Å². The lowest BCUT2D eigenvalue weighted by Gasteiger charge is -2.11. The zero-order chi connectivity index (χ0) is 22.6. The molecule has 2 aromatic heterocycles. The van der Waals surface area contributed by atoms with Crippen LogP contribution in [0.3, 0.4) is 0 Å². The Morgan fingerprint density at radius 2 is 2.00 bits per heavy atom. The molecule has 0 radical (unpaired) electrons. The zero-order valence-corrected chi connectivity index (χ0v) is 16.6. The Kier molecular flexibility index (Phi) is 5.85. The maximum Gasteiger partial charge on any atom is 0.433 e. The first-order valence-corrected chi connectivity index (χ1v) is 9.55. The summed E-state index contributed by atoms with van der Waals surface area (Å²) in [4.78, 5) is 20.1. The third kappa shape index (κ3) is 4.75. The van der Waals surface area contributed by atoms with Gasteiger partial charge in [0, 0.05) is 30.7 Å². The maximum atomic E-state index is 13.7. The van der Waals surface area contributed by atoms with Crippen LogP contribution < -0.4 is 5.32 Å². The number of nitrogens with zero attached hydrogens (tertiary/aromatic N) is 4. The van der Waals surface area contributed by atoms with Gasteiger partial charge in [0.15, 0.2) is 0 Å². The van der Waals surface area contributed by atoms with Gasteiger partial charge in [-0.15, -0.1) is 0 Å². The molecule has 0 unspecified atom stereocenters. The third-order valence-electron chi connectivity index (χ3n) is 4.58. The number of halogens is 3. The van der Waals surface area contributed by atoms with Crippen molar-refractivity contribution in [3.05, 3.63) is 83.4 Å². The number of nitrogens with one attached hydrogen (secondary N) is 1. The van der Waals surface area contributed by atoms with Crippen molar-refractivity contribution in [1.82, 2.24) is 20.1 Å². The number of carbonyl (C=O) groups is 1. The molecule has 1 aliphatic heterocycles. The van der Waals surface area contributed by atoms with Crippen LogP contribution >= 0.6 is 0 Å². The van der Waals surface area contributed by atoms with Gasteiger partial charge >= 0.3 is 6.18 Å². The third-order valence-corrected chi connectivity index (χ3v) is 4.58. The smallest absolute Gasteiger partial charge is 0.348 e. The Bertz CT molecular complexity index is 1250. The highest BCUT2D eigenvalue weighted by atomic mass is 19.4. The first kappa shape index (κ1) is 21.1. The van der Waals surface area contributed by atoms with Gasteiger partial charge in [-0.2, -0.15) is 18.3 Å². The number of allylic oxidation sites excluding steroid dienone is 2. The molecule has 1 amide bonds. The van der Waals surface area contributed by atoms with Crippen LogP contribution in [0.5, 0.6) is 0 Å². The zero-order valence-electron chi connectivity index (χ0n) is 16.6. The second-order valence-corrected chi connectivity index (χ2v) is 6.81. The van der Waals surface area contributed by atoms with Gasteiger partial charge in [-0.3, -0.25) is 14.8 Å². The Hall–Kier alpha value is -4.19. The minimum atomic E-state index is -4.60. The normalized spacial score (nSPS) is 13.0. The molecule has 0 atom stereocenters. The molecule has 160 valence electrons. The molecule has 0 saturated heterocycles. The van der Waals surface area contributed by atoms with E-state index in [1.807, 2.05) is 0 Å². The van der Waals surface area contributed by atoms with Gasteiger partial charge in [-0.25, -0.2) is 4.68 Å². The molecule has 1 N–H and O–H groups in total. The molecule has 3 aromatic rings. The molecule has 32 heavy (non-hydrogen) atoms. The summed E-state index contributed by atoms with van der Waals surface area (Å²) in [7, 11) is 0. The number of amides is 1. The molecule has 0 spiro atoms. The summed E-state index contributed by atoms with van der Waals surface area (Å²) >= 11 is 0. The number of carbonyl (C=O) groups excluding carboxylic acids is 1. The molecule has 4 rings (SSSR count). The molecule has 0 fully saturated rings. The predicted molar refractivity (Wildman–Crippen MR) is 113 cm³/mol. The molecule has 1 aliphatic rings. The van der Waals surface area contributed by atoms with E-state index in [4.69, 9.17) is 0 Å². The van der Waals surface area contributed by atoms with Crippen LogP contribution in [0.1, 0.15) is 27.3 Å². The number of pyridine rings is 1. The maximum absolute atomic E-state index is 13.7. The Morgan fingerprint density at radius 1 is 1.19 bits per heavy atom. The van der Waals surface area contributed by atoms with E-state index in [0.29, 0.717) is 11.1 Å². The summed E-state index contributed by atoms with van der Waals surface area (Å²) in [6, 6.07) is 10.6. The lowest BCUT2D eigenvalue weighted by atomic mass is 10.2. The number of alkyl halides is 3. The topological polar surface area (TPSA) is 72.2 Å². The van der Waals surface area contributed by atoms with Crippen molar-refractivity contribution in [1.29, 1.82) is 0 Å². The predicted octanol–water partition coefficient (Wildman–Crippen LogP) is 3.69. The van der Waals surface area contributed by atoms with Gasteiger partial charge in [0.25, 0.3) is 5.91 Å². The summed E-state index contributed by atoms with van der Waals surface area (Å²) in [6.45, 7) is 0.498. The lowest BCUT2D eigenvalue weighted by molar-refractivity contribution is -0.142. The highest BCUT2D eigenvalue weighted by Crippen LogP contribution is 2.33. The van der Waals surface area contributed by atoms with Crippen LogP contribution in [-0.2, 0) is 12.7 Å². The van der Waals surface area contributed by atoms with E-state index in [2.05, 4.69) is 32.2 Å². The molecule has 1 aromatic carbocycles. The van der Waals surface area contributed by atoms with Crippen molar-refractivity contribution < 1.29 is 18.0 Å². The fourth-order valence-corrected chi connectivity index (χ4v) is 3.00. The summed E-state index contributed by atoms with van der Waals surface area (Å²) in [6.07, 6.45) is 1.37. The van der Waals surface area contributed by atoms with E-state index in [0.717, 1.165) is 16.3 Å². The van der Waals surface area contributed by atoms with Crippen molar-refractivity contribution in [3.63, 3.8) is 0 Å². The second-order valence-electron chi connectivity index (χ2n) is 6.81. The molecular formula is C23H16F3N5O. The molecule has 9 heteroatoms. The number of benzene rings is 1. The molecule has 3 heterocycles. The summed E-state index contributed by atoms with van der Waals surface area (Å²) < 4.78 is 41.8. The first-order chi connectivity index (χ1) is 15.4. The number of aromatic nitrogens is 3. The van der Waals surface area contributed by atoms with Gasteiger partial charge in [-0.1, -0.05) is 24.0 Å². The fraction of sp³-hybridized carbons (Fsp3) is 0.130. The van der Waals surface area contributed by atoms with Crippen LogP contribution in [0.25, 0.3) is 11.3 Å². The molecule has 0 bridgehead atoms. The van der Waals surface area contributed by atoms with Gasteiger partial charge in [-0.05, 0) is 42.0 Å². The average molecular weight is 435 g/mol. The van der Waals surface area contributed by atoms with Crippen molar-refractivity contribution in [2.75, 3.05) is 6.54 Å². The van der Waals surface area contributed by atoms with Crippen molar-refractivity contribution in [2.45, 2.75) is 12.7 Å². The summed E-state index contributed by atoms with van der Waals surface area (Å²) in [5.41, 5.74) is 1.02. The van der Waals surface area contributed by atoms with Crippen LogP contribution in [0, 0.1) is 11.8 Å². The molecule has 0 saturated carbocycles. The largest absolute Gasteiger partial charge is 0.433 e. The Balaban J connectivity index is 1.56. The van der Waals surface area contributed by atoms with Gasteiger partial charge in [0.05, 0.1) is 16.9 Å². The second kappa shape index (κ2) is 8.89. The van der Waals surface area contributed by atoms with Crippen molar-refractivity contribution in [2.24, 2.45) is 4.99 Å². The summed E-state index contributed by atoms with van der Waals surface area (Å²) in [5.74, 6) is 5.20. The van der Waals surface area contributed by atoms with Crippen LogP contribution in [0.4, 0.5) is 13.2 Å². The van der Waals surface area contributed by atoms with Gasteiger partial charge in [0.2, 0.25) is 0 Å².